The van der Waals surface area contributed by atoms with Crippen molar-refractivity contribution < 1.29 is 11.1 Å². The second-order valence-electron chi connectivity index (χ2n) is 5.53. The summed E-state index contributed by atoms with van der Waals surface area (Å²) in [6.07, 6.45) is 7.91. The first kappa shape index (κ1) is 19.6. The van der Waals surface area contributed by atoms with Crippen molar-refractivity contribution in [3.05, 3.63) is 60.7 Å². The summed E-state index contributed by atoms with van der Waals surface area (Å²) in [6, 6.07) is 20.3. The van der Waals surface area contributed by atoms with Gasteiger partial charge in [0.25, 0.3) is 0 Å². The number of para-hydroxylation sites is 2. The van der Waals surface area contributed by atoms with Gasteiger partial charge < -0.3 is 0 Å². The van der Waals surface area contributed by atoms with Crippen LogP contribution in [0.15, 0.2) is 70.6 Å². The fourth-order valence-electron chi connectivity index (χ4n) is 2.78. The van der Waals surface area contributed by atoms with Crippen molar-refractivity contribution in [3.8, 4) is 0 Å². The topological polar surface area (TPSA) is 24.7 Å². The van der Waals surface area contributed by atoms with E-state index in [1.165, 1.54) is 19.3 Å². The van der Waals surface area contributed by atoms with E-state index in [4.69, 9.17) is 0 Å². The molecule has 5 heteroatoms. The first-order valence-corrected chi connectivity index (χ1v) is 13.0. The molecule has 2 nitrogen and oxygen atoms in total. The van der Waals surface area contributed by atoms with Crippen LogP contribution in [0.25, 0.3) is 0 Å². The summed E-state index contributed by atoms with van der Waals surface area (Å²) in [5.74, 6) is 1.02. The fourth-order valence-corrected chi connectivity index (χ4v) is 2.78. The summed E-state index contributed by atoms with van der Waals surface area (Å²) in [7, 11) is 0. The molecule has 0 bridgehead atoms. The van der Waals surface area contributed by atoms with Crippen molar-refractivity contribution in [2.45, 2.75) is 19.3 Å². The van der Waals surface area contributed by atoms with E-state index in [1.54, 1.807) is 0 Å². The van der Waals surface area contributed by atoms with Crippen LogP contribution in [-0.4, -0.2) is 12.4 Å². The van der Waals surface area contributed by atoms with E-state index in [9.17, 15) is 0 Å². The van der Waals surface area contributed by atoms with Gasteiger partial charge in [0.05, 0.1) is 11.4 Å². The third-order valence-electron chi connectivity index (χ3n) is 3.97. The van der Waals surface area contributed by atoms with Crippen molar-refractivity contribution >= 4 is 52.1 Å². The van der Waals surface area contributed by atoms with Gasteiger partial charge in [0.2, 0.25) is 0 Å². The van der Waals surface area contributed by atoms with Crippen molar-refractivity contribution in [2.75, 3.05) is 0 Å². The number of aliphatic imine (C=N–C) groups is 2. The van der Waals surface area contributed by atoms with Crippen LogP contribution in [0.4, 0.5) is 11.4 Å². The van der Waals surface area contributed by atoms with Crippen LogP contribution in [0.2, 0.25) is 0 Å². The first-order valence-electron chi connectivity index (χ1n) is 7.85. The molecule has 2 aromatic carbocycles. The Labute approximate surface area is 164 Å². The Kier molecular flexibility index (Phi) is 9.57. The quantitative estimate of drug-likeness (QED) is 0.413. The molecule has 24 heavy (non-hydrogen) atoms. The summed E-state index contributed by atoms with van der Waals surface area (Å²) in [4.78, 5) is 9.21. The molecule has 1 fully saturated rings. The Morgan fingerprint density at radius 1 is 0.750 bits per heavy atom. The van der Waals surface area contributed by atoms with E-state index in [-0.39, 0.29) is 0 Å². The molecule has 0 saturated heterocycles. The van der Waals surface area contributed by atoms with Crippen LogP contribution < -0.4 is 0 Å². The molecule has 1 aliphatic carbocycles. The Morgan fingerprint density at radius 3 is 1.50 bits per heavy atom. The molecule has 0 aliphatic heterocycles. The molecule has 0 amide bonds. The number of hydrogen-bond donors (Lipinski definition) is 0. The molecule has 0 aromatic heterocycles. The van der Waals surface area contributed by atoms with Gasteiger partial charge in [-0.3, -0.25) is 9.98 Å². The number of benzene rings is 2. The first-order chi connectivity index (χ1) is 11.8. The van der Waals surface area contributed by atoms with E-state index < -0.39 is 0 Å². The van der Waals surface area contributed by atoms with E-state index in [2.05, 4.69) is 50.8 Å². The average Bonchev–Trinajstić information content (AvgIpc) is 3.08. The SMILES string of the molecule is C(=Nc1ccccc1)C1CCCC1C=Nc1ccccc1.[Br][Co][Br]. The molecule has 0 heterocycles. The standard InChI is InChI=1S/C19H20N2.2BrH.Co/c1-3-10-18(11-4-1)20-14-16-8-7-9-17(16)15-21-19-12-5-2-6-13-19;;;/h1-6,10-17H,7-9H2;2*1H;/q;;;+2/p-2. The van der Waals surface area contributed by atoms with Crippen LogP contribution in [0.5, 0.6) is 0 Å². The van der Waals surface area contributed by atoms with Gasteiger partial charge in [-0.05, 0) is 37.1 Å². The molecular weight excluding hydrogens is 475 g/mol. The van der Waals surface area contributed by atoms with Gasteiger partial charge in [-0.2, -0.15) is 0 Å². The Hall–Kier alpha value is -0.754. The van der Waals surface area contributed by atoms with Crippen LogP contribution in [0, 0.1) is 11.8 Å². The zero-order valence-corrected chi connectivity index (χ0v) is 17.4. The third-order valence-corrected chi connectivity index (χ3v) is 3.97. The predicted molar refractivity (Wildman–Crippen MR) is 108 cm³/mol. The van der Waals surface area contributed by atoms with E-state index in [1.807, 2.05) is 60.7 Å². The van der Waals surface area contributed by atoms with Crippen molar-refractivity contribution in [2.24, 2.45) is 21.8 Å². The van der Waals surface area contributed by atoms with E-state index in [0.717, 1.165) is 22.5 Å². The van der Waals surface area contributed by atoms with Gasteiger partial charge in [0.15, 0.2) is 0 Å². The second-order valence-corrected chi connectivity index (χ2v) is 10.8. The van der Waals surface area contributed by atoms with Crippen LogP contribution in [0.3, 0.4) is 0 Å². The molecule has 1 saturated carbocycles. The normalized spacial score (nSPS) is 20.4. The summed E-state index contributed by atoms with van der Waals surface area (Å²) in [5.41, 5.74) is 2.06. The van der Waals surface area contributed by atoms with Gasteiger partial charge in [-0.1, -0.05) is 42.8 Å². The van der Waals surface area contributed by atoms with Gasteiger partial charge in [0, 0.05) is 24.3 Å². The van der Waals surface area contributed by atoms with Crippen molar-refractivity contribution in [1.82, 2.24) is 0 Å². The van der Waals surface area contributed by atoms with E-state index >= 15 is 0 Å². The monoisotopic (exact) mass is 493 g/mol. The summed E-state index contributed by atoms with van der Waals surface area (Å²) in [5, 5.41) is 0. The zero-order chi connectivity index (χ0) is 17.0. The van der Waals surface area contributed by atoms with Crippen LogP contribution >= 0.6 is 28.3 Å². The molecular formula is C19H20Br2CoN2. The molecule has 0 N–H and O–H groups in total. The molecule has 1 aliphatic rings. The average molecular weight is 495 g/mol. The summed E-state index contributed by atoms with van der Waals surface area (Å²) >= 11 is 7.12. The third kappa shape index (κ3) is 7.01. The second kappa shape index (κ2) is 11.7. The zero-order valence-electron chi connectivity index (χ0n) is 13.2. The van der Waals surface area contributed by atoms with Gasteiger partial charge in [-0.25, -0.2) is 0 Å². The Bertz CT molecular complexity index is 577. The fraction of sp³-hybridized carbons (Fsp3) is 0.263. The maximum atomic E-state index is 4.61. The molecule has 0 spiro atoms. The number of nitrogens with zero attached hydrogens (tertiary/aromatic N) is 2. The molecule has 0 radical (unpaired) electrons. The Morgan fingerprint density at radius 2 is 1.12 bits per heavy atom. The predicted octanol–water partition coefficient (Wildman–Crippen LogP) is 6.90. The number of rotatable bonds is 4. The molecule has 2 aromatic rings. The summed E-state index contributed by atoms with van der Waals surface area (Å²) < 4.78 is 0. The van der Waals surface area contributed by atoms with Crippen molar-refractivity contribution in [3.63, 3.8) is 0 Å². The molecule has 3 rings (SSSR count). The van der Waals surface area contributed by atoms with Crippen LogP contribution in [0.1, 0.15) is 19.3 Å². The van der Waals surface area contributed by atoms with Gasteiger partial charge in [-0.15, -0.1) is 0 Å². The van der Waals surface area contributed by atoms with Crippen LogP contribution in [-0.2, 0) is 11.1 Å². The minimum absolute atomic E-state index is 0.512. The maximum absolute atomic E-state index is 4.61. The summed E-state index contributed by atoms with van der Waals surface area (Å²) in [6.45, 7) is 0. The van der Waals surface area contributed by atoms with E-state index in [0.29, 0.717) is 11.8 Å². The molecule has 129 valence electrons. The molecule has 2 atom stereocenters. The van der Waals surface area contributed by atoms with Gasteiger partial charge in [0.1, 0.15) is 0 Å². The molecule has 2 unspecified atom stereocenters. The number of hydrogen-bond acceptors (Lipinski definition) is 2. The van der Waals surface area contributed by atoms with Gasteiger partial charge >= 0.3 is 39.5 Å². The minimum atomic E-state index is 0.512. The van der Waals surface area contributed by atoms with Crippen molar-refractivity contribution in [1.29, 1.82) is 0 Å². The number of halogens is 2. The Balaban J connectivity index is 0.000000647.